The summed E-state index contributed by atoms with van der Waals surface area (Å²) in [7, 11) is 3.06. The average molecular weight is 511 g/mol. The van der Waals surface area contributed by atoms with Gasteiger partial charge in [-0.2, -0.15) is 0 Å². The number of rotatable bonds is 9. The minimum absolute atomic E-state index is 0.0447. The Balaban J connectivity index is 1.80. The Hall–Kier alpha value is -3.39. The number of benzene rings is 2. The van der Waals surface area contributed by atoms with Crippen molar-refractivity contribution in [3.05, 3.63) is 76.2 Å². The second kappa shape index (κ2) is 12.0. The van der Waals surface area contributed by atoms with Gasteiger partial charge in [-0.25, -0.2) is 4.39 Å². The molecule has 0 spiro atoms. The molecule has 0 radical (unpaired) electrons. The molecule has 4 rings (SSSR count). The van der Waals surface area contributed by atoms with Crippen LogP contribution in [-0.2, 0) is 16.0 Å². The summed E-state index contributed by atoms with van der Waals surface area (Å²) in [6.45, 7) is 0. The second-order valence-corrected chi connectivity index (χ2v) is 9.92. The van der Waals surface area contributed by atoms with Crippen LogP contribution in [0, 0.1) is 5.82 Å². The zero-order valence-corrected chi connectivity index (χ0v) is 21.4. The number of nitrogens with one attached hydrogen (secondary N) is 1. The first-order valence-electron chi connectivity index (χ1n) is 12.1. The van der Waals surface area contributed by atoms with Gasteiger partial charge in [0.2, 0.25) is 11.8 Å². The van der Waals surface area contributed by atoms with Crippen molar-refractivity contribution in [1.29, 1.82) is 0 Å². The normalized spacial score (nSPS) is 14.6. The SMILES string of the molecule is COc1cc(OC)cc(N(C(=O)Cc2cccs2)C(C(=O)NC2CCCCC2)c2ccc(F)cc2)c1. The third-order valence-corrected chi connectivity index (χ3v) is 7.31. The molecule has 2 amide bonds. The Kier molecular flexibility index (Phi) is 8.59. The Morgan fingerprint density at radius 1 is 1.03 bits per heavy atom. The van der Waals surface area contributed by atoms with Crippen molar-refractivity contribution >= 4 is 28.8 Å². The number of nitrogens with zero attached hydrogens (tertiary/aromatic N) is 1. The first-order chi connectivity index (χ1) is 17.5. The summed E-state index contributed by atoms with van der Waals surface area (Å²) < 4.78 is 24.7. The molecule has 0 saturated heterocycles. The molecule has 0 aliphatic heterocycles. The van der Waals surface area contributed by atoms with Gasteiger partial charge in [0.05, 0.1) is 26.3 Å². The number of amides is 2. The van der Waals surface area contributed by atoms with Crippen molar-refractivity contribution in [1.82, 2.24) is 5.32 Å². The van der Waals surface area contributed by atoms with Gasteiger partial charge in [0, 0.05) is 29.1 Å². The summed E-state index contributed by atoms with van der Waals surface area (Å²) in [6, 6.07) is 13.7. The van der Waals surface area contributed by atoms with Gasteiger partial charge < -0.3 is 14.8 Å². The monoisotopic (exact) mass is 510 g/mol. The van der Waals surface area contributed by atoms with E-state index in [2.05, 4.69) is 5.32 Å². The van der Waals surface area contributed by atoms with E-state index >= 15 is 0 Å². The summed E-state index contributed by atoms with van der Waals surface area (Å²) in [5, 5.41) is 5.08. The molecule has 1 N–H and O–H groups in total. The fraction of sp³-hybridized carbons (Fsp3) is 0.357. The number of methoxy groups -OCH3 is 2. The van der Waals surface area contributed by atoms with Crippen LogP contribution >= 0.6 is 11.3 Å². The molecule has 1 aliphatic carbocycles. The van der Waals surface area contributed by atoms with Gasteiger partial charge in [0.25, 0.3) is 0 Å². The van der Waals surface area contributed by atoms with Crippen LogP contribution in [0.3, 0.4) is 0 Å². The number of anilines is 1. The summed E-state index contributed by atoms with van der Waals surface area (Å²) in [5.41, 5.74) is 0.979. The highest BCUT2D eigenvalue weighted by Crippen LogP contribution is 2.35. The summed E-state index contributed by atoms with van der Waals surface area (Å²) in [4.78, 5) is 30.1. The highest BCUT2D eigenvalue weighted by atomic mass is 32.1. The van der Waals surface area contributed by atoms with Gasteiger partial charge in [-0.15, -0.1) is 11.3 Å². The van der Waals surface area contributed by atoms with Crippen LogP contribution in [0.2, 0.25) is 0 Å². The van der Waals surface area contributed by atoms with Crippen molar-refractivity contribution in [3.63, 3.8) is 0 Å². The Morgan fingerprint density at radius 3 is 2.28 bits per heavy atom. The maximum absolute atomic E-state index is 13.9. The quantitative estimate of drug-likeness (QED) is 0.403. The molecular weight excluding hydrogens is 479 g/mol. The number of ether oxygens (including phenoxy) is 2. The number of carbonyl (C=O) groups is 2. The molecule has 2 aromatic carbocycles. The number of carbonyl (C=O) groups excluding carboxylic acids is 2. The molecule has 8 heteroatoms. The fourth-order valence-electron chi connectivity index (χ4n) is 4.61. The molecule has 0 bridgehead atoms. The Labute approximate surface area is 215 Å². The molecule has 36 heavy (non-hydrogen) atoms. The predicted molar refractivity (Wildman–Crippen MR) is 139 cm³/mol. The predicted octanol–water partition coefficient (Wildman–Crippen LogP) is 5.67. The first-order valence-corrected chi connectivity index (χ1v) is 13.0. The molecular formula is C28H31FN2O4S. The van der Waals surface area contributed by atoms with Crippen LogP contribution in [0.1, 0.15) is 48.6 Å². The van der Waals surface area contributed by atoms with Crippen LogP contribution in [0.5, 0.6) is 11.5 Å². The third-order valence-electron chi connectivity index (χ3n) is 6.43. The first kappa shape index (κ1) is 25.7. The zero-order valence-electron chi connectivity index (χ0n) is 20.5. The van der Waals surface area contributed by atoms with Gasteiger partial charge in [-0.05, 0) is 42.0 Å². The lowest BCUT2D eigenvalue weighted by Crippen LogP contribution is -2.47. The number of halogens is 1. The zero-order chi connectivity index (χ0) is 25.5. The maximum atomic E-state index is 13.9. The van der Waals surface area contributed by atoms with Gasteiger partial charge in [0.1, 0.15) is 23.4 Å². The highest BCUT2D eigenvalue weighted by Gasteiger charge is 2.34. The molecule has 190 valence electrons. The molecule has 1 fully saturated rings. The van der Waals surface area contributed by atoms with E-state index in [1.165, 1.54) is 42.6 Å². The van der Waals surface area contributed by atoms with Crippen molar-refractivity contribution < 1.29 is 23.5 Å². The number of hydrogen-bond donors (Lipinski definition) is 1. The van der Waals surface area contributed by atoms with Crippen molar-refractivity contribution in [2.75, 3.05) is 19.1 Å². The summed E-state index contributed by atoms with van der Waals surface area (Å²) >= 11 is 1.48. The van der Waals surface area contributed by atoms with Gasteiger partial charge in [-0.1, -0.05) is 37.5 Å². The minimum atomic E-state index is -1.00. The van der Waals surface area contributed by atoms with Crippen molar-refractivity contribution in [2.45, 2.75) is 50.6 Å². The lowest BCUT2D eigenvalue weighted by atomic mass is 9.94. The van der Waals surface area contributed by atoms with E-state index in [1.54, 1.807) is 30.3 Å². The highest BCUT2D eigenvalue weighted by molar-refractivity contribution is 7.10. The van der Waals surface area contributed by atoms with E-state index in [1.807, 2.05) is 17.5 Å². The average Bonchev–Trinajstić information content (AvgIpc) is 3.41. The van der Waals surface area contributed by atoms with E-state index in [9.17, 15) is 14.0 Å². The molecule has 6 nitrogen and oxygen atoms in total. The lowest BCUT2D eigenvalue weighted by Gasteiger charge is -2.34. The smallest absolute Gasteiger partial charge is 0.248 e. The largest absolute Gasteiger partial charge is 0.497 e. The van der Waals surface area contributed by atoms with Crippen LogP contribution in [0.4, 0.5) is 10.1 Å². The number of hydrogen-bond acceptors (Lipinski definition) is 5. The second-order valence-electron chi connectivity index (χ2n) is 8.89. The Morgan fingerprint density at radius 2 is 1.69 bits per heavy atom. The molecule has 3 aromatic rings. The standard InChI is InChI=1S/C28H31FN2O4S/c1-34-23-15-22(16-24(17-23)35-2)31(26(32)18-25-9-6-14-36-25)27(19-10-12-20(29)13-11-19)28(33)30-21-7-4-3-5-8-21/h6,9-17,21,27H,3-5,7-8,18H2,1-2H3,(H,30,33). The molecule has 1 aliphatic rings. The van der Waals surface area contributed by atoms with E-state index in [-0.39, 0.29) is 24.3 Å². The molecule has 1 saturated carbocycles. The molecule has 1 atom stereocenters. The number of thiophene rings is 1. The Bertz CT molecular complexity index is 1140. The minimum Gasteiger partial charge on any atom is -0.497 e. The van der Waals surface area contributed by atoms with Gasteiger partial charge >= 0.3 is 0 Å². The third kappa shape index (κ3) is 6.23. The fourth-order valence-corrected chi connectivity index (χ4v) is 5.30. The van der Waals surface area contributed by atoms with Crippen molar-refractivity contribution in [2.24, 2.45) is 0 Å². The van der Waals surface area contributed by atoms with Crippen LogP contribution in [-0.4, -0.2) is 32.1 Å². The van der Waals surface area contributed by atoms with E-state index in [4.69, 9.17) is 9.47 Å². The maximum Gasteiger partial charge on any atom is 0.248 e. The van der Waals surface area contributed by atoms with Crippen LogP contribution in [0.15, 0.2) is 60.0 Å². The van der Waals surface area contributed by atoms with Crippen molar-refractivity contribution in [3.8, 4) is 11.5 Å². The molecule has 1 aromatic heterocycles. The van der Waals surface area contributed by atoms with E-state index < -0.39 is 11.9 Å². The van der Waals surface area contributed by atoms with E-state index in [0.717, 1.165) is 37.0 Å². The van der Waals surface area contributed by atoms with Crippen LogP contribution in [0.25, 0.3) is 0 Å². The summed E-state index contributed by atoms with van der Waals surface area (Å²) in [6.07, 6.45) is 5.19. The summed E-state index contributed by atoms with van der Waals surface area (Å²) in [5.74, 6) is 0.00744. The van der Waals surface area contributed by atoms with Crippen LogP contribution < -0.4 is 19.7 Å². The van der Waals surface area contributed by atoms with E-state index in [0.29, 0.717) is 22.7 Å². The molecule has 1 unspecified atom stereocenters. The molecule has 1 heterocycles. The lowest BCUT2D eigenvalue weighted by molar-refractivity contribution is -0.127. The van der Waals surface area contributed by atoms with Gasteiger partial charge in [-0.3, -0.25) is 14.5 Å². The van der Waals surface area contributed by atoms with Gasteiger partial charge in [0.15, 0.2) is 0 Å². The topological polar surface area (TPSA) is 67.9 Å².